The summed E-state index contributed by atoms with van der Waals surface area (Å²) in [5.41, 5.74) is 0. The summed E-state index contributed by atoms with van der Waals surface area (Å²) in [7, 11) is -3.27. The van der Waals surface area contributed by atoms with E-state index in [-0.39, 0.29) is 11.5 Å². The molecule has 0 spiro atoms. The van der Waals surface area contributed by atoms with Crippen molar-refractivity contribution in [1.82, 2.24) is 0 Å². The highest BCUT2D eigenvalue weighted by atomic mass is 35.6. The summed E-state index contributed by atoms with van der Waals surface area (Å²) in [4.78, 5) is 0. The van der Waals surface area contributed by atoms with E-state index >= 15 is 0 Å². The molecule has 3 nitrogen and oxygen atoms in total. The Kier molecular flexibility index (Phi) is 4.88. The van der Waals surface area contributed by atoms with E-state index in [9.17, 15) is 8.42 Å². The zero-order valence-electron chi connectivity index (χ0n) is 7.47. The van der Waals surface area contributed by atoms with Gasteiger partial charge in [0.05, 0.1) is 23.0 Å². The predicted octanol–water partition coefficient (Wildman–Crippen LogP) is 2.91. The second-order valence-corrected chi connectivity index (χ2v) is 9.52. The average Bonchev–Trinajstić information content (AvgIpc) is 2.20. The standard InChI is InChI=1S/C6H6Cl6O3S/c7-3-1-16(13,14)2-4(3)15-6(11,12)5(8,9)10/h3-4H,1-2H2/t3-,4-/m1/s1. The van der Waals surface area contributed by atoms with Crippen LogP contribution in [-0.2, 0) is 14.6 Å². The lowest BCUT2D eigenvalue weighted by atomic mass is 10.3. The van der Waals surface area contributed by atoms with Gasteiger partial charge in [0, 0.05) is 0 Å². The molecule has 0 amide bonds. The van der Waals surface area contributed by atoms with Crippen LogP contribution >= 0.6 is 69.6 Å². The molecular formula is C6H6Cl6O3S. The molecule has 1 heterocycles. The van der Waals surface area contributed by atoms with E-state index in [1.165, 1.54) is 0 Å². The third-order valence-electron chi connectivity index (χ3n) is 1.86. The van der Waals surface area contributed by atoms with Crippen molar-refractivity contribution in [1.29, 1.82) is 0 Å². The van der Waals surface area contributed by atoms with Crippen LogP contribution in [-0.4, -0.2) is 39.7 Å². The molecule has 0 aliphatic carbocycles. The van der Waals surface area contributed by atoms with E-state index in [0.717, 1.165) is 0 Å². The summed E-state index contributed by atoms with van der Waals surface area (Å²) in [6, 6.07) is 0. The average molecular weight is 371 g/mol. The minimum absolute atomic E-state index is 0.219. The van der Waals surface area contributed by atoms with Gasteiger partial charge in [-0.15, -0.1) is 11.6 Å². The zero-order valence-corrected chi connectivity index (χ0v) is 12.8. The van der Waals surface area contributed by atoms with Gasteiger partial charge in [-0.25, -0.2) is 8.42 Å². The zero-order chi connectivity index (χ0) is 12.8. The first kappa shape index (κ1) is 15.7. The molecule has 0 aromatic carbocycles. The van der Waals surface area contributed by atoms with Gasteiger partial charge in [0.1, 0.15) is 0 Å². The van der Waals surface area contributed by atoms with Crippen molar-refractivity contribution in [3.63, 3.8) is 0 Å². The molecule has 1 aliphatic rings. The molecule has 10 heteroatoms. The van der Waals surface area contributed by atoms with E-state index in [4.69, 9.17) is 74.3 Å². The van der Waals surface area contributed by atoms with Crippen LogP contribution in [0.2, 0.25) is 0 Å². The van der Waals surface area contributed by atoms with E-state index in [1.807, 2.05) is 0 Å². The van der Waals surface area contributed by atoms with E-state index in [1.54, 1.807) is 0 Å². The van der Waals surface area contributed by atoms with Crippen molar-refractivity contribution >= 4 is 79.4 Å². The van der Waals surface area contributed by atoms with Gasteiger partial charge in [-0.05, 0) is 0 Å². The first-order valence-electron chi connectivity index (χ1n) is 3.91. The van der Waals surface area contributed by atoms with Crippen molar-refractivity contribution in [2.45, 2.75) is 19.8 Å². The van der Waals surface area contributed by atoms with Crippen LogP contribution in [0.15, 0.2) is 0 Å². The Bertz CT molecular complexity index is 361. The molecule has 96 valence electrons. The monoisotopic (exact) mass is 368 g/mol. The Labute approximate surface area is 123 Å². The van der Waals surface area contributed by atoms with Crippen LogP contribution in [0.3, 0.4) is 0 Å². The highest BCUT2D eigenvalue weighted by molar-refractivity contribution is 7.91. The topological polar surface area (TPSA) is 43.4 Å². The number of hydrogen-bond acceptors (Lipinski definition) is 3. The SMILES string of the molecule is O=S1(=O)C[C@@H](Cl)[C@H](OC(Cl)(Cl)C(Cl)(Cl)Cl)C1. The maximum Gasteiger partial charge on any atom is 0.266 e. The molecule has 0 radical (unpaired) electrons. The van der Waals surface area contributed by atoms with Crippen LogP contribution in [0.25, 0.3) is 0 Å². The van der Waals surface area contributed by atoms with Crippen LogP contribution < -0.4 is 0 Å². The smallest absolute Gasteiger partial charge is 0.266 e. The molecule has 0 bridgehead atoms. The molecule has 0 N–H and O–H groups in total. The van der Waals surface area contributed by atoms with Gasteiger partial charge < -0.3 is 4.74 Å². The molecule has 0 unspecified atom stereocenters. The van der Waals surface area contributed by atoms with E-state index in [0.29, 0.717) is 0 Å². The highest BCUT2D eigenvalue weighted by Crippen LogP contribution is 2.48. The summed E-state index contributed by atoms with van der Waals surface area (Å²) >= 11 is 33.5. The van der Waals surface area contributed by atoms with Gasteiger partial charge in [0.25, 0.3) is 4.52 Å². The maximum atomic E-state index is 11.2. The molecular weight excluding hydrogens is 365 g/mol. The van der Waals surface area contributed by atoms with Crippen LogP contribution in [0.4, 0.5) is 0 Å². The summed E-state index contributed by atoms with van der Waals surface area (Å²) < 4.78 is 23.2. The lowest BCUT2D eigenvalue weighted by Gasteiger charge is -2.30. The third kappa shape index (κ3) is 3.82. The fourth-order valence-electron chi connectivity index (χ4n) is 1.14. The number of ether oxygens (including phenoxy) is 1. The summed E-state index contributed by atoms with van der Waals surface area (Å²) in [6.07, 6.45) is -0.905. The maximum absolute atomic E-state index is 11.2. The van der Waals surface area contributed by atoms with Crippen molar-refractivity contribution in [3.05, 3.63) is 0 Å². The molecule has 0 aromatic rings. The minimum atomic E-state index is -3.27. The Hall–Kier alpha value is 1.65. The number of alkyl halides is 6. The Morgan fingerprint density at radius 1 is 1.06 bits per heavy atom. The molecule has 1 fully saturated rings. The van der Waals surface area contributed by atoms with Crippen molar-refractivity contribution in [2.24, 2.45) is 0 Å². The number of rotatable bonds is 2. The summed E-state index contributed by atoms with van der Waals surface area (Å²) in [6.45, 7) is 0. The second kappa shape index (κ2) is 4.97. The van der Waals surface area contributed by atoms with Crippen LogP contribution in [0, 0.1) is 0 Å². The van der Waals surface area contributed by atoms with E-state index < -0.39 is 29.6 Å². The molecule has 0 aromatic heterocycles. The Morgan fingerprint density at radius 2 is 1.56 bits per heavy atom. The summed E-state index contributed by atoms with van der Waals surface area (Å²) in [5, 5.41) is -0.769. The van der Waals surface area contributed by atoms with Crippen LogP contribution in [0.1, 0.15) is 0 Å². The first-order chi connectivity index (χ1) is 6.95. The van der Waals surface area contributed by atoms with Crippen molar-refractivity contribution < 1.29 is 13.2 Å². The first-order valence-corrected chi connectivity index (χ1v) is 8.06. The quantitative estimate of drug-likeness (QED) is 0.702. The molecule has 16 heavy (non-hydrogen) atoms. The molecule has 2 atom stereocenters. The minimum Gasteiger partial charge on any atom is -0.337 e. The Morgan fingerprint density at radius 3 is 1.88 bits per heavy atom. The number of hydrogen-bond donors (Lipinski definition) is 0. The lowest BCUT2D eigenvalue weighted by Crippen LogP contribution is -2.40. The predicted molar refractivity (Wildman–Crippen MR) is 67.9 cm³/mol. The normalized spacial score (nSPS) is 30.6. The van der Waals surface area contributed by atoms with Gasteiger partial charge >= 0.3 is 0 Å². The number of halogens is 6. The second-order valence-electron chi connectivity index (χ2n) is 3.26. The van der Waals surface area contributed by atoms with Gasteiger partial charge in [0.2, 0.25) is 3.79 Å². The van der Waals surface area contributed by atoms with Crippen LogP contribution in [0.5, 0.6) is 0 Å². The largest absolute Gasteiger partial charge is 0.337 e. The van der Waals surface area contributed by atoms with Crippen molar-refractivity contribution in [3.8, 4) is 0 Å². The highest BCUT2D eigenvalue weighted by Gasteiger charge is 2.51. The Balaban J connectivity index is 2.77. The molecule has 0 saturated carbocycles. The molecule has 1 rings (SSSR count). The fraction of sp³-hybridized carbons (Fsp3) is 1.00. The van der Waals surface area contributed by atoms with Gasteiger partial charge in [0.15, 0.2) is 9.84 Å². The van der Waals surface area contributed by atoms with Gasteiger partial charge in [-0.3, -0.25) is 0 Å². The van der Waals surface area contributed by atoms with Gasteiger partial charge in [-0.2, -0.15) is 0 Å². The van der Waals surface area contributed by atoms with E-state index in [2.05, 4.69) is 0 Å². The van der Waals surface area contributed by atoms with Gasteiger partial charge in [-0.1, -0.05) is 58.0 Å². The third-order valence-corrected chi connectivity index (χ3v) is 6.31. The fourth-order valence-corrected chi connectivity index (χ4v) is 3.96. The lowest BCUT2D eigenvalue weighted by molar-refractivity contribution is 0.0265. The summed E-state index contributed by atoms with van der Waals surface area (Å²) in [5.74, 6) is -0.522. The number of sulfone groups is 1. The van der Waals surface area contributed by atoms with Crippen molar-refractivity contribution in [2.75, 3.05) is 11.5 Å². The molecule has 1 saturated heterocycles. The molecule has 1 aliphatic heterocycles.